The molecule has 0 bridgehead atoms. The molecule has 0 aliphatic carbocycles. The molecule has 3 N–H and O–H groups in total. The van der Waals surface area contributed by atoms with Gasteiger partial charge in [-0.15, -0.1) is 0 Å². The lowest BCUT2D eigenvalue weighted by molar-refractivity contribution is 0.0756. The van der Waals surface area contributed by atoms with E-state index in [4.69, 9.17) is 10.5 Å². The fraction of sp³-hybridized carbons (Fsp3) is 0.750. The van der Waals surface area contributed by atoms with Crippen molar-refractivity contribution in [2.75, 3.05) is 0 Å². The monoisotopic (exact) mass is 223 g/mol. The molecule has 0 amide bonds. The molecule has 16 heavy (non-hydrogen) atoms. The van der Waals surface area contributed by atoms with Crippen molar-refractivity contribution in [2.24, 2.45) is 11.1 Å². The molecule has 1 aromatic rings. The van der Waals surface area contributed by atoms with Gasteiger partial charge in [-0.05, 0) is 18.8 Å². The first-order valence-electron chi connectivity index (χ1n) is 5.82. The third-order valence-electron chi connectivity index (χ3n) is 2.88. The number of nitrogens with two attached hydrogens (primary N) is 1. The van der Waals surface area contributed by atoms with Crippen LogP contribution in [0, 0.1) is 5.41 Å². The predicted molar refractivity (Wildman–Crippen MR) is 62.8 cm³/mol. The third kappa shape index (κ3) is 2.28. The molecule has 1 aromatic heterocycles. The quantitative estimate of drug-likeness (QED) is 0.809. The summed E-state index contributed by atoms with van der Waals surface area (Å²) in [5.41, 5.74) is 8.49. The van der Waals surface area contributed by atoms with Crippen molar-refractivity contribution >= 4 is 0 Å². The number of imidazole rings is 1. The lowest BCUT2D eigenvalue weighted by Gasteiger charge is -2.21. The zero-order valence-electron chi connectivity index (χ0n) is 10.5. The number of fused-ring (bicyclic) bond motifs is 1. The maximum atomic E-state index is 6.15. The minimum absolute atomic E-state index is 0.0159. The molecular weight excluding hydrogens is 202 g/mol. The molecule has 0 aromatic carbocycles. The maximum Gasteiger partial charge on any atom is 0.123 e. The topological polar surface area (TPSA) is 63.9 Å². The Morgan fingerprint density at radius 2 is 2.25 bits per heavy atom. The largest absolute Gasteiger partial charge is 0.366 e. The van der Waals surface area contributed by atoms with Crippen LogP contribution in [-0.4, -0.2) is 9.97 Å². The van der Waals surface area contributed by atoms with E-state index < -0.39 is 0 Å². The van der Waals surface area contributed by atoms with Gasteiger partial charge in [0.25, 0.3) is 0 Å². The number of nitrogens with one attached hydrogen (secondary N) is 1. The highest BCUT2D eigenvalue weighted by atomic mass is 16.5. The summed E-state index contributed by atoms with van der Waals surface area (Å²) in [5.74, 6) is 0.898. The lowest BCUT2D eigenvalue weighted by Crippen LogP contribution is -2.20. The Balaban J connectivity index is 2.14. The van der Waals surface area contributed by atoms with Crippen molar-refractivity contribution in [3.63, 3.8) is 0 Å². The molecule has 1 aliphatic rings. The highest BCUT2D eigenvalue weighted by Crippen LogP contribution is 2.31. The van der Waals surface area contributed by atoms with E-state index >= 15 is 0 Å². The summed E-state index contributed by atoms with van der Waals surface area (Å²) < 4.78 is 5.46. The summed E-state index contributed by atoms with van der Waals surface area (Å²) in [6, 6.07) is -0.0159. The second-order valence-corrected chi connectivity index (χ2v) is 5.81. The van der Waals surface area contributed by atoms with Crippen LogP contribution in [0.25, 0.3) is 0 Å². The van der Waals surface area contributed by atoms with Gasteiger partial charge in [0.15, 0.2) is 0 Å². The number of hydrogen-bond acceptors (Lipinski definition) is 3. The van der Waals surface area contributed by atoms with Gasteiger partial charge in [0.05, 0.1) is 30.1 Å². The van der Waals surface area contributed by atoms with Crippen molar-refractivity contribution in [1.82, 2.24) is 9.97 Å². The van der Waals surface area contributed by atoms with E-state index in [1.54, 1.807) is 0 Å². The summed E-state index contributed by atoms with van der Waals surface area (Å²) >= 11 is 0. The molecule has 90 valence electrons. The number of ether oxygens (including phenoxy) is 1. The number of nitrogens with zero attached hydrogens (tertiary/aromatic N) is 1. The van der Waals surface area contributed by atoms with Gasteiger partial charge in [0.2, 0.25) is 0 Å². The van der Waals surface area contributed by atoms with E-state index in [9.17, 15) is 0 Å². The Bertz CT molecular complexity index is 378. The number of aromatic nitrogens is 2. The first-order chi connectivity index (χ1) is 7.37. The van der Waals surface area contributed by atoms with Crippen LogP contribution in [0.3, 0.4) is 0 Å². The molecule has 0 saturated heterocycles. The molecule has 0 fully saturated rings. The zero-order chi connectivity index (χ0) is 11.9. The second kappa shape index (κ2) is 3.86. The minimum atomic E-state index is -0.0159. The normalized spacial score (nSPS) is 22.2. The molecule has 1 aliphatic heterocycles. The number of aromatic amines is 1. The van der Waals surface area contributed by atoms with E-state index in [-0.39, 0.29) is 17.6 Å². The molecule has 2 unspecified atom stereocenters. The van der Waals surface area contributed by atoms with Crippen LogP contribution in [-0.2, 0) is 11.3 Å². The summed E-state index contributed by atoms with van der Waals surface area (Å²) in [6.07, 6.45) is 1.02. The van der Waals surface area contributed by atoms with E-state index in [2.05, 4.69) is 30.7 Å². The van der Waals surface area contributed by atoms with E-state index in [1.165, 1.54) is 0 Å². The Morgan fingerprint density at radius 3 is 2.81 bits per heavy atom. The van der Waals surface area contributed by atoms with Crippen LogP contribution in [0.1, 0.15) is 63.5 Å². The van der Waals surface area contributed by atoms with Gasteiger partial charge in [-0.2, -0.15) is 0 Å². The van der Waals surface area contributed by atoms with Crippen LogP contribution in [0.5, 0.6) is 0 Å². The summed E-state index contributed by atoms with van der Waals surface area (Å²) in [6.45, 7) is 9.22. The maximum absolute atomic E-state index is 6.15. The Hall–Kier alpha value is -0.870. The van der Waals surface area contributed by atoms with Crippen LogP contribution < -0.4 is 5.73 Å². The minimum Gasteiger partial charge on any atom is -0.366 e. The van der Waals surface area contributed by atoms with Crippen LogP contribution in [0.4, 0.5) is 0 Å². The highest BCUT2D eigenvalue weighted by Gasteiger charge is 2.26. The number of H-pyrrole nitrogens is 1. The molecule has 0 radical (unpaired) electrons. The molecule has 0 saturated carbocycles. The fourth-order valence-corrected chi connectivity index (χ4v) is 2.11. The van der Waals surface area contributed by atoms with Crippen LogP contribution in [0.2, 0.25) is 0 Å². The zero-order valence-corrected chi connectivity index (χ0v) is 10.5. The van der Waals surface area contributed by atoms with E-state index in [1.807, 2.05) is 6.92 Å². The Morgan fingerprint density at radius 1 is 1.56 bits per heavy atom. The van der Waals surface area contributed by atoms with Gasteiger partial charge in [0.1, 0.15) is 5.82 Å². The first-order valence-corrected chi connectivity index (χ1v) is 5.82. The van der Waals surface area contributed by atoms with E-state index in [0.717, 1.165) is 23.6 Å². The smallest absolute Gasteiger partial charge is 0.123 e. The van der Waals surface area contributed by atoms with Crippen molar-refractivity contribution in [1.29, 1.82) is 0 Å². The standard InChI is InChI=1S/C12H21N3O/c1-7-10-9(6-16-7)14-11(15-10)8(13)5-12(2,3)4/h7-8H,5-6,13H2,1-4H3,(H,14,15). The van der Waals surface area contributed by atoms with Crippen molar-refractivity contribution in [2.45, 2.75) is 52.9 Å². The molecule has 2 heterocycles. The molecule has 4 nitrogen and oxygen atoms in total. The molecule has 2 rings (SSSR count). The molecule has 2 atom stereocenters. The van der Waals surface area contributed by atoms with Gasteiger partial charge in [-0.3, -0.25) is 0 Å². The number of rotatable bonds is 2. The van der Waals surface area contributed by atoms with Crippen LogP contribution in [0.15, 0.2) is 0 Å². The van der Waals surface area contributed by atoms with Gasteiger partial charge < -0.3 is 15.5 Å². The Labute approximate surface area is 96.6 Å². The molecule has 4 heteroatoms. The SMILES string of the molecule is CC1OCc2[nH]c(C(N)CC(C)(C)C)nc21. The summed E-state index contributed by atoms with van der Waals surface area (Å²) in [4.78, 5) is 7.84. The Kier molecular flexibility index (Phi) is 2.80. The van der Waals surface area contributed by atoms with Crippen molar-refractivity contribution in [3.8, 4) is 0 Å². The van der Waals surface area contributed by atoms with Gasteiger partial charge in [0, 0.05) is 0 Å². The molecule has 0 spiro atoms. The summed E-state index contributed by atoms with van der Waals surface area (Å²) in [5, 5.41) is 0. The van der Waals surface area contributed by atoms with E-state index in [0.29, 0.717) is 6.61 Å². The molecular formula is C12H21N3O. The highest BCUT2D eigenvalue weighted by molar-refractivity contribution is 5.21. The average molecular weight is 223 g/mol. The van der Waals surface area contributed by atoms with Crippen molar-refractivity contribution < 1.29 is 4.74 Å². The van der Waals surface area contributed by atoms with Gasteiger partial charge in [-0.25, -0.2) is 4.98 Å². The average Bonchev–Trinajstić information content (AvgIpc) is 2.65. The summed E-state index contributed by atoms with van der Waals surface area (Å²) in [7, 11) is 0. The number of hydrogen-bond donors (Lipinski definition) is 2. The fourth-order valence-electron chi connectivity index (χ4n) is 2.11. The van der Waals surface area contributed by atoms with Crippen LogP contribution >= 0.6 is 0 Å². The predicted octanol–water partition coefficient (Wildman–Crippen LogP) is 2.44. The van der Waals surface area contributed by atoms with Gasteiger partial charge in [-0.1, -0.05) is 20.8 Å². The lowest BCUT2D eigenvalue weighted by atomic mass is 9.88. The van der Waals surface area contributed by atoms with Crippen molar-refractivity contribution in [3.05, 3.63) is 17.2 Å². The first kappa shape index (κ1) is 11.6. The second-order valence-electron chi connectivity index (χ2n) is 5.81. The third-order valence-corrected chi connectivity index (χ3v) is 2.88. The van der Waals surface area contributed by atoms with Gasteiger partial charge >= 0.3 is 0 Å².